The summed E-state index contributed by atoms with van der Waals surface area (Å²) in [5.41, 5.74) is 4.47. The highest BCUT2D eigenvalue weighted by Gasteiger charge is 2.40. The lowest BCUT2D eigenvalue weighted by molar-refractivity contribution is -0.0548. The van der Waals surface area contributed by atoms with Gasteiger partial charge in [0.15, 0.2) is 0 Å². The average Bonchev–Trinajstić information content (AvgIpc) is 2.00. The van der Waals surface area contributed by atoms with E-state index in [4.69, 9.17) is 11.0 Å². The number of aliphatic hydroxyl groups is 1. The minimum absolute atomic E-state index is 0.00727. The van der Waals surface area contributed by atoms with Gasteiger partial charge in [-0.2, -0.15) is 5.26 Å². The molecule has 0 aliphatic carbocycles. The van der Waals surface area contributed by atoms with Gasteiger partial charge in [-0.3, -0.25) is 0 Å². The lowest BCUT2D eigenvalue weighted by Crippen LogP contribution is -2.54. The first-order chi connectivity index (χ1) is 5.37. The predicted octanol–water partition coefficient (Wildman–Crippen LogP) is 0.880. The molecule has 0 aromatic heterocycles. The summed E-state index contributed by atoms with van der Waals surface area (Å²) in [7, 11) is 0. The highest BCUT2D eigenvalue weighted by molar-refractivity contribution is 5.05. The second-order valence-corrected chi connectivity index (χ2v) is 3.80. The monoisotopic (exact) mass is 170 g/mol. The first-order valence-corrected chi connectivity index (χ1v) is 4.24. The molecule has 3 nitrogen and oxygen atoms in total. The zero-order valence-corrected chi connectivity index (χ0v) is 8.20. The van der Waals surface area contributed by atoms with Gasteiger partial charge in [0.2, 0.25) is 0 Å². The van der Waals surface area contributed by atoms with Crippen LogP contribution in [0.5, 0.6) is 0 Å². The van der Waals surface area contributed by atoms with E-state index in [0.29, 0.717) is 0 Å². The molecule has 0 aromatic carbocycles. The van der Waals surface area contributed by atoms with Gasteiger partial charge in [-0.05, 0) is 11.8 Å². The van der Waals surface area contributed by atoms with Crippen LogP contribution in [-0.2, 0) is 0 Å². The summed E-state index contributed by atoms with van der Waals surface area (Å²) in [6.07, 6.45) is 0. The van der Waals surface area contributed by atoms with Crippen LogP contribution in [0.25, 0.3) is 0 Å². The zero-order chi connectivity index (χ0) is 9.94. The number of nitrogens with zero attached hydrogens (tertiary/aromatic N) is 1. The Morgan fingerprint density at radius 3 is 1.67 bits per heavy atom. The van der Waals surface area contributed by atoms with Gasteiger partial charge in [-0.15, -0.1) is 0 Å². The summed E-state index contributed by atoms with van der Waals surface area (Å²) in [4.78, 5) is 0. The van der Waals surface area contributed by atoms with Gasteiger partial charge in [-0.25, -0.2) is 0 Å². The smallest absolute Gasteiger partial charge is 0.122 e. The van der Waals surface area contributed by atoms with E-state index in [2.05, 4.69) is 0 Å². The van der Waals surface area contributed by atoms with E-state index in [0.717, 1.165) is 0 Å². The van der Waals surface area contributed by atoms with Gasteiger partial charge in [-0.1, -0.05) is 27.7 Å². The summed E-state index contributed by atoms with van der Waals surface area (Å²) in [5.74, 6) is -0.0145. The Morgan fingerprint density at radius 1 is 1.25 bits per heavy atom. The summed E-state index contributed by atoms with van der Waals surface area (Å²) in [6.45, 7) is 7.49. The van der Waals surface area contributed by atoms with E-state index >= 15 is 0 Å². The molecule has 12 heavy (non-hydrogen) atoms. The maximum atomic E-state index is 10.1. The van der Waals surface area contributed by atoms with Crippen molar-refractivity contribution in [3.8, 4) is 6.07 Å². The van der Waals surface area contributed by atoms with Crippen LogP contribution in [0.1, 0.15) is 27.7 Å². The van der Waals surface area contributed by atoms with Crippen molar-refractivity contribution >= 4 is 0 Å². The molecule has 1 unspecified atom stereocenters. The van der Waals surface area contributed by atoms with E-state index in [1.807, 2.05) is 33.8 Å². The molecular weight excluding hydrogens is 152 g/mol. The first kappa shape index (κ1) is 11.4. The fourth-order valence-electron chi connectivity index (χ4n) is 1.49. The molecule has 0 aliphatic rings. The second-order valence-electron chi connectivity index (χ2n) is 3.80. The fourth-order valence-corrected chi connectivity index (χ4v) is 1.49. The van der Waals surface area contributed by atoms with Crippen molar-refractivity contribution in [2.75, 3.05) is 0 Å². The number of nitrogens with two attached hydrogens (primary N) is 1. The van der Waals surface area contributed by atoms with Crippen molar-refractivity contribution in [1.29, 1.82) is 5.26 Å². The number of rotatable bonds is 3. The van der Waals surface area contributed by atoms with E-state index in [-0.39, 0.29) is 11.8 Å². The third-order valence-electron chi connectivity index (χ3n) is 2.49. The molecule has 3 heteroatoms. The molecule has 0 bridgehead atoms. The van der Waals surface area contributed by atoms with E-state index in [1.165, 1.54) is 0 Å². The number of nitriles is 1. The van der Waals surface area contributed by atoms with Crippen LogP contribution in [-0.4, -0.2) is 16.7 Å². The van der Waals surface area contributed by atoms with Gasteiger partial charge in [0.1, 0.15) is 6.04 Å². The fraction of sp³-hybridized carbons (Fsp3) is 0.889. The minimum Gasteiger partial charge on any atom is -0.387 e. The lowest BCUT2D eigenvalue weighted by Gasteiger charge is -2.37. The standard InChI is InChI=1S/C9H18N2O/c1-6(2)9(12,7(3)4)8(11)5-10/h6-8,12H,11H2,1-4H3. The SMILES string of the molecule is CC(C)C(O)(C(C)C)C(N)C#N. The third kappa shape index (κ3) is 1.77. The van der Waals surface area contributed by atoms with Crippen LogP contribution >= 0.6 is 0 Å². The maximum Gasteiger partial charge on any atom is 0.122 e. The molecule has 0 fully saturated rings. The Bertz CT molecular complexity index is 173. The van der Waals surface area contributed by atoms with Crippen LogP contribution in [0.3, 0.4) is 0 Å². The van der Waals surface area contributed by atoms with Crippen LogP contribution in [0.2, 0.25) is 0 Å². The van der Waals surface area contributed by atoms with Crippen molar-refractivity contribution in [3.63, 3.8) is 0 Å². The molecule has 0 aliphatic heterocycles. The maximum absolute atomic E-state index is 10.1. The topological polar surface area (TPSA) is 70.0 Å². The van der Waals surface area contributed by atoms with Gasteiger partial charge < -0.3 is 10.8 Å². The minimum atomic E-state index is -1.07. The van der Waals surface area contributed by atoms with E-state index in [1.54, 1.807) is 0 Å². The van der Waals surface area contributed by atoms with Crippen molar-refractivity contribution < 1.29 is 5.11 Å². The van der Waals surface area contributed by atoms with E-state index < -0.39 is 11.6 Å². The molecule has 0 rings (SSSR count). The second kappa shape index (κ2) is 3.88. The van der Waals surface area contributed by atoms with Crippen molar-refractivity contribution in [1.82, 2.24) is 0 Å². The van der Waals surface area contributed by atoms with Gasteiger partial charge in [0.25, 0.3) is 0 Å². The largest absolute Gasteiger partial charge is 0.387 e. The van der Waals surface area contributed by atoms with Gasteiger partial charge in [0, 0.05) is 0 Å². The molecule has 0 heterocycles. The van der Waals surface area contributed by atoms with Crippen molar-refractivity contribution in [2.45, 2.75) is 39.3 Å². The highest BCUT2D eigenvalue weighted by Crippen LogP contribution is 2.28. The molecule has 1 atom stereocenters. The number of hydrogen-bond acceptors (Lipinski definition) is 3. The summed E-state index contributed by atoms with van der Waals surface area (Å²) < 4.78 is 0. The van der Waals surface area contributed by atoms with Crippen LogP contribution in [0.4, 0.5) is 0 Å². The van der Waals surface area contributed by atoms with Crippen LogP contribution in [0, 0.1) is 23.2 Å². The van der Waals surface area contributed by atoms with Gasteiger partial charge in [0.05, 0.1) is 11.7 Å². The van der Waals surface area contributed by atoms with Crippen molar-refractivity contribution in [3.05, 3.63) is 0 Å². The van der Waals surface area contributed by atoms with Crippen LogP contribution in [0.15, 0.2) is 0 Å². The summed E-state index contributed by atoms with van der Waals surface area (Å²) in [6, 6.07) is 1.09. The molecule has 0 spiro atoms. The Labute approximate surface area is 74.2 Å². The summed E-state index contributed by atoms with van der Waals surface area (Å²) >= 11 is 0. The Morgan fingerprint density at radius 2 is 1.58 bits per heavy atom. The molecule has 0 radical (unpaired) electrons. The Kier molecular flexibility index (Phi) is 3.69. The molecule has 0 saturated carbocycles. The predicted molar refractivity (Wildman–Crippen MR) is 48.2 cm³/mol. The zero-order valence-electron chi connectivity index (χ0n) is 8.20. The van der Waals surface area contributed by atoms with Gasteiger partial charge >= 0.3 is 0 Å². The third-order valence-corrected chi connectivity index (χ3v) is 2.49. The molecule has 0 amide bonds. The van der Waals surface area contributed by atoms with E-state index in [9.17, 15) is 5.11 Å². The normalized spacial score (nSPS) is 14.9. The average molecular weight is 170 g/mol. The number of hydrogen-bond donors (Lipinski definition) is 2. The molecule has 0 saturated heterocycles. The Balaban J connectivity index is 4.77. The van der Waals surface area contributed by atoms with Crippen LogP contribution < -0.4 is 5.73 Å². The molecule has 0 aromatic rings. The summed E-state index contributed by atoms with van der Waals surface area (Å²) in [5, 5.41) is 18.7. The lowest BCUT2D eigenvalue weighted by atomic mass is 9.75. The first-order valence-electron chi connectivity index (χ1n) is 4.24. The quantitative estimate of drug-likeness (QED) is 0.660. The Hall–Kier alpha value is -0.590. The molecular formula is C9H18N2O. The highest BCUT2D eigenvalue weighted by atomic mass is 16.3. The molecule has 70 valence electrons. The van der Waals surface area contributed by atoms with Crippen molar-refractivity contribution in [2.24, 2.45) is 17.6 Å². The molecule has 3 N–H and O–H groups in total.